The lowest BCUT2D eigenvalue weighted by atomic mass is 9.91. The lowest BCUT2D eigenvalue weighted by molar-refractivity contribution is -0.123. The van der Waals surface area contributed by atoms with Crippen molar-refractivity contribution >= 4 is 28.8 Å². The van der Waals surface area contributed by atoms with Gasteiger partial charge in [-0.15, -0.1) is 0 Å². The summed E-state index contributed by atoms with van der Waals surface area (Å²) in [6.07, 6.45) is 6.69. The van der Waals surface area contributed by atoms with Crippen LogP contribution in [0.5, 0.6) is 0 Å². The van der Waals surface area contributed by atoms with Crippen molar-refractivity contribution in [3.8, 4) is 0 Å². The monoisotopic (exact) mass is 337 g/mol. The summed E-state index contributed by atoms with van der Waals surface area (Å²) in [7, 11) is 0. The first-order valence-electron chi connectivity index (χ1n) is 6.19. The third-order valence-electron chi connectivity index (χ3n) is 3.60. The van der Waals surface area contributed by atoms with Crippen molar-refractivity contribution in [2.75, 3.05) is 6.54 Å². The number of carbonyl (C=O) groups is 1. The van der Waals surface area contributed by atoms with E-state index in [1.807, 2.05) is 0 Å². The maximum absolute atomic E-state index is 11.9. The molecular formula is C11H20IN3O. The third-order valence-corrected chi connectivity index (χ3v) is 4.49. The van der Waals surface area contributed by atoms with E-state index in [1.54, 1.807) is 0 Å². The molecule has 16 heavy (non-hydrogen) atoms. The summed E-state index contributed by atoms with van der Waals surface area (Å²) in [5, 5.41) is 6.41. The quantitative estimate of drug-likeness (QED) is 0.534. The Morgan fingerprint density at radius 3 is 2.38 bits per heavy atom. The van der Waals surface area contributed by atoms with Crippen LogP contribution in [0.3, 0.4) is 0 Å². The van der Waals surface area contributed by atoms with Gasteiger partial charge in [-0.05, 0) is 45.1 Å². The Balaban J connectivity index is 1.71. The molecule has 1 heterocycles. The van der Waals surface area contributed by atoms with E-state index in [-0.39, 0.29) is 11.9 Å². The van der Waals surface area contributed by atoms with Crippen LogP contribution in [-0.4, -0.2) is 30.6 Å². The number of nitrogens with one attached hydrogen (secondary N) is 3. The summed E-state index contributed by atoms with van der Waals surface area (Å²) in [5.41, 5.74) is 0. The van der Waals surface area contributed by atoms with Crippen LogP contribution in [0.1, 0.15) is 38.5 Å². The molecule has 1 atom stereocenters. The number of amides is 1. The molecule has 1 aliphatic heterocycles. The van der Waals surface area contributed by atoms with Gasteiger partial charge in [0.25, 0.3) is 0 Å². The summed E-state index contributed by atoms with van der Waals surface area (Å²) < 4.78 is 3.28. The van der Waals surface area contributed by atoms with Gasteiger partial charge >= 0.3 is 0 Å². The highest BCUT2D eigenvalue weighted by atomic mass is 127. The summed E-state index contributed by atoms with van der Waals surface area (Å²) in [6, 6.07) is 1.11. The van der Waals surface area contributed by atoms with E-state index in [9.17, 15) is 4.79 Å². The second kappa shape index (κ2) is 6.16. The van der Waals surface area contributed by atoms with Crippen molar-refractivity contribution in [3.63, 3.8) is 0 Å². The second-order valence-electron chi connectivity index (χ2n) is 4.82. The first kappa shape index (κ1) is 12.6. The van der Waals surface area contributed by atoms with Crippen molar-refractivity contribution < 1.29 is 4.79 Å². The molecule has 0 radical (unpaired) electrons. The smallest absolute Gasteiger partial charge is 0.237 e. The van der Waals surface area contributed by atoms with Crippen molar-refractivity contribution in [3.05, 3.63) is 0 Å². The number of halogens is 1. The molecule has 4 nitrogen and oxygen atoms in total. The third kappa shape index (κ3) is 3.30. The predicted molar refractivity (Wildman–Crippen MR) is 72.4 cm³/mol. The topological polar surface area (TPSA) is 53.2 Å². The van der Waals surface area contributed by atoms with E-state index in [0.29, 0.717) is 12.1 Å². The number of hydrogen-bond acceptors (Lipinski definition) is 3. The number of carbonyl (C=O) groups excluding carboxylic acids is 1. The zero-order valence-electron chi connectivity index (χ0n) is 9.47. The van der Waals surface area contributed by atoms with Gasteiger partial charge in [0.15, 0.2) is 0 Å². The SMILES string of the molecule is O=C(NC1CCC(NI)CC1)[C@@H]1CCCN1. The summed E-state index contributed by atoms with van der Waals surface area (Å²) >= 11 is 2.22. The highest BCUT2D eigenvalue weighted by molar-refractivity contribution is 14.1. The zero-order valence-corrected chi connectivity index (χ0v) is 11.6. The van der Waals surface area contributed by atoms with E-state index in [0.717, 1.165) is 32.2 Å². The van der Waals surface area contributed by atoms with Crippen molar-refractivity contribution in [2.45, 2.75) is 56.7 Å². The minimum Gasteiger partial charge on any atom is -0.352 e. The van der Waals surface area contributed by atoms with Crippen LogP contribution < -0.4 is 14.2 Å². The Morgan fingerprint density at radius 1 is 1.12 bits per heavy atom. The molecule has 2 aliphatic rings. The molecule has 3 N–H and O–H groups in total. The van der Waals surface area contributed by atoms with Crippen LogP contribution in [-0.2, 0) is 4.79 Å². The van der Waals surface area contributed by atoms with Crippen LogP contribution in [0.25, 0.3) is 0 Å². The molecule has 1 saturated carbocycles. The minimum atomic E-state index is 0.0698. The van der Waals surface area contributed by atoms with Gasteiger partial charge in [-0.25, -0.2) is 0 Å². The van der Waals surface area contributed by atoms with Crippen LogP contribution in [0.15, 0.2) is 0 Å². The van der Waals surface area contributed by atoms with Crippen molar-refractivity contribution in [2.24, 2.45) is 0 Å². The minimum absolute atomic E-state index is 0.0698. The molecule has 1 amide bonds. The fraction of sp³-hybridized carbons (Fsp3) is 0.909. The van der Waals surface area contributed by atoms with E-state index in [4.69, 9.17) is 0 Å². The molecule has 0 aromatic carbocycles. The molecule has 0 bridgehead atoms. The van der Waals surface area contributed by atoms with Crippen molar-refractivity contribution in [1.82, 2.24) is 14.2 Å². The molecule has 92 valence electrons. The molecule has 1 aliphatic carbocycles. The van der Waals surface area contributed by atoms with Crippen LogP contribution in [0.2, 0.25) is 0 Å². The fourth-order valence-electron chi connectivity index (χ4n) is 2.56. The van der Waals surface area contributed by atoms with Gasteiger partial charge in [-0.2, -0.15) is 0 Å². The molecule has 2 fully saturated rings. The summed E-state index contributed by atoms with van der Waals surface area (Å²) in [4.78, 5) is 11.9. The lowest BCUT2D eigenvalue weighted by Crippen LogP contribution is -2.47. The molecule has 0 aromatic heterocycles. The van der Waals surface area contributed by atoms with E-state index in [2.05, 4.69) is 37.0 Å². The highest BCUT2D eigenvalue weighted by Gasteiger charge is 2.26. The Hall–Kier alpha value is 0.120. The first-order valence-corrected chi connectivity index (χ1v) is 7.27. The maximum Gasteiger partial charge on any atom is 0.237 e. The average Bonchev–Trinajstić information content (AvgIpc) is 2.83. The largest absolute Gasteiger partial charge is 0.352 e. The highest BCUT2D eigenvalue weighted by Crippen LogP contribution is 2.19. The number of rotatable bonds is 3. The van der Waals surface area contributed by atoms with Gasteiger partial charge in [-0.1, -0.05) is 0 Å². The van der Waals surface area contributed by atoms with Gasteiger partial charge in [-0.3, -0.25) is 8.32 Å². The van der Waals surface area contributed by atoms with E-state index >= 15 is 0 Å². The van der Waals surface area contributed by atoms with E-state index in [1.165, 1.54) is 12.8 Å². The molecule has 1 saturated heterocycles. The van der Waals surface area contributed by atoms with E-state index < -0.39 is 0 Å². The molecule has 5 heteroatoms. The van der Waals surface area contributed by atoms with Gasteiger partial charge < -0.3 is 10.6 Å². The second-order valence-corrected chi connectivity index (χ2v) is 5.44. The molecule has 0 spiro atoms. The van der Waals surface area contributed by atoms with Gasteiger partial charge in [0, 0.05) is 34.9 Å². The molecular weight excluding hydrogens is 317 g/mol. The van der Waals surface area contributed by atoms with Crippen LogP contribution in [0.4, 0.5) is 0 Å². The van der Waals surface area contributed by atoms with Crippen LogP contribution >= 0.6 is 22.9 Å². The van der Waals surface area contributed by atoms with Crippen molar-refractivity contribution in [1.29, 1.82) is 0 Å². The normalized spacial score (nSPS) is 34.9. The first-order chi connectivity index (χ1) is 7.79. The molecule has 0 unspecified atom stereocenters. The maximum atomic E-state index is 11.9. The Labute approximate surface area is 111 Å². The average molecular weight is 337 g/mol. The van der Waals surface area contributed by atoms with Crippen LogP contribution in [0, 0.1) is 0 Å². The zero-order chi connectivity index (χ0) is 11.4. The lowest BCUT2D eigenvalue weighted by Gasteiger charge is -2.29. The fourth-order valence-corrected chi connectivity index (χ4v) is 3.18. The predicted octanol–water partition coefficient (Wildman–Crippen LogP) is 1.11. The molecule has 0 aromatic rings. The van der Waals surface area contributed by atoms with Gasteiger partial charge in [0.2, 0.25) is 5.91 Å². The Bertz CT molecular complexity index is 235. The Kier molecular flexibility index (Phi) is 4.84. The standard InChI is InChI=1S/C11H20IN3O/c12-15-9-5-3-8(4-6-9)14-11(16)10-2-1-7-13-10/h8-10,13,15H,1-7H2,(H,14,16)/t8?,9?,10-/m0/s1. The number of hydrogen-bond donors (Lipinski definition) is 3. The molecule has 2 rings (SSSR count). The summed E-state index contributed by atoms with van der Waals surface area (Å²) in [6.45, 7) is 0.990. The van der Waals surface area contributed by atoms with Gasteiger partial charge in [0.1, 0.15) is 0 Å². The van der Waals surface area contributed by atoms with Gasteiger partial charge in [0.05, 0.1) is 6.04 Å². The Morgan fingerprint density at radius 2 is 1.81 bits per heavy atom. The summed E-state index contributed by atoms with van der Waals surface area (Å²) in [5.74, 6) is 0.211.